The van der Waals surface area contributed by atoms with Gasteiger partial charge in [-0.05, 0) is 40.0 Å². The van der Waals surface area contributed by atoms with E-state index in [1.54, 1.807) is 0 Å². The van der Waals surface area contributed by atoms with Gasteiger partial charge < -0.3 is 9.47 Å². The molecule has 0 N–H and O–H groups in total. The quantitative estimate of drug-likeness (QED) is 0.695. The Labute approximate surface area is 85.8 Å². The van der Waals surface area contributed by atoms with Crippen LogP contribution in [0.25, 0.3) is 0 Å². The van der Waals surface area contributed by atoms with Crippen LogP contribution in [0.2, 0.25) is 0 Å². The first-order valence-corrected chi connectivity index (χ1v) is 5.33. The van der Waals surface area contributed by atoms with Crippen LogP contribution in [0.3, 0.4) is 0 Å². The fourth-order valence-corrected chi connectivity index (χ4v) is 1.55. The van der Waals surface area contributed by atoms with Crippen LogP contribution in [-0.4, -0.2) is 30.7 Å². The number of Topliss-reactive ketones (excluding diaryl/α,β-unsaturated/α-hetero) is 1. The molecule has 0 spiro atoms. The Balaban J connectivity index is 2.41. The average Bonchev–Trinajstić information content (AvgIpc) is 2.15. The summed E-state index contributed by atoms with van der Waals surface area (Å²) >= 11 is 0. The van der Waals surface area contributed by atoms with Crippen LogP contribution in [-0.2, 0) is 14.3 Å². The number of ketones is 1. The van der Waals surface area contributed by atoms with E-state index in [1.165, 1.54) is 0 Å². The fourth-order valence-electron chi connectivity index (χ4n) is 1.55. The Kier molecular flexibility index (Phi) is 4.08. The summed E-state index contributed by atoms with van der Waals surface area (Å²) in [7, 11) is 0. The second-order valence-electron chi connectivity index (χ2n) is 4.32. The monoisotopic (exact) mass is 200 g/mol. The molecule has 1 unspecified atom stereocenters. The van der Waals surface area contributed by atoms with Gasteiger partial charge in [0.15, 0.2) is 5.78 Å². The van der Waals surface area contributed by atoms with Crippen molar-refractivity contribution in [1.82, 2.24) is 0 Å². The van der Waals surface area contributed by atoms with Crippen LogP contribution < -0.4 is 0 Å². The fraction of sp³-hybridized carbons (Fsp3) is 0.909. The molecule has 0 amide bonds. The third-order valence-electron chi connectivity index (χ3n) is 2.61. The van der Waals surface area contributed by atoms with Gasteiger partial charge in [-0.15, -0.1) is 0 Å². The molecule has 1 aliphatic heterocycles. The molecule has 1 aliphatic rings. The van der Waals surface area contributed by atoms with Crippen molar-refractivity contribution >= 4 is 5.78 Å². The summed E-state index contributed by atoms with van der Waals surface area (Å²) in [6, 6.07) is 0. The van der Waals surface area contributed by atoms with Gasteiger partial charge in [0.2, 0.25) is 0 Å². The zero-order valence-electron chi connectivity index (χ0n) is 9.34. The lowest BCUT2D eigenvalue weighted by Crippen LogP contribution is -2.43. The summed E-state index contributed by atoms with van der Waals surface area (Å²) in [4.78, 5) is 11.8. The van der Waals surface area contributed by atoms with Crippen molar-refractivity contribution in [2.45, 2.75) is 51.7 Å². The maximum atomic E-state index is 11.8. The van der Waals surface area contributed by atoms with E-state index in [9.17, 15) is 4.79 Å². The molecule has 0 aliphatic carbocycles. The van der Waals surface area contributed by atoms with E-state index in [4.69, 9.17) is 9.47 Å². The van der Waals surface area contributed by atoms with E-state index in [2.05, 4.69) is 0 Å². The van der Waals surface area contributed by atoms with E-state index >= 15 is 0 Å². The van der Waals surface area contributed by atoms with E-state index in [1.807, 2.05) is 20.8 Å². The summed E-state index contributed by atoms with van der Waals surface area (Å²) in [6.07, 6.45) is 3.07. The highest BCUT2D eigenvalue weighted by atomic mass is 16.5. The van der Waals surface area contributed by atoms with Crippen molar-refractivity contribution in [3.05, 3.63) is 0 Å². The molecule has 14 heavy (non-hydrogen) atoms. The molecule has 3 nitrogen and oxygen atoms in total. The maximum absolute atomic E-state index is 11.8. The van der Waals surface area contributed by atoms with Crippen LogP contribution in [0, 0.1) is 0 Å². The van der Waals surface area contributed by atoms with Gasteiger partial charge in [-0.3, -0.25) is 4.79 Å². The molecular formula is C11H20O3. The molecule has 0 radical (unpaired) electrons. The van der Waals surface area contributed by atoms with Crippen molar-refractivity contribution in [2.24, 2.45) is 0 Å². The van der Waals surface area contributed by atoms with E-state index in [-0.39, 0.29) is 18.5 Å². The standard InChI is InChI=1S/C11H20O3/c1-9(2)13-8-10(12)11(3)6-4-5-7-14-11/h9H,4-8H2,1-3H3. The van der Waals surface area contributed by atoms with Crippen LogP contribution >= 0.6 is 0 Å². The molecule has 1 heterocycles. The molecule has 0 aromatic heterocycles. The molecule has 0 saturated carbocycles. The molecule has 3 heteroatoms. The summed E-state index contributed by atoms with van der Waals surface area (Å²) in [5.74, 6) is 0.0749. The molecular weight excluding hydrogens is 180 g/mol. The lowest BCUT2D eigenvalue weighted by molar-refractivity contribution is -0.154. The van der Waals surface area contributed by atoms with Crippen molar-refractivity contribution in [3.63, 3.8) is 0 Å². The van der Waals surface area contributed by atoms with Crippen LogP contribution in [0.4, 0.5) is 0 Å². The van der Waals surface area contributed by atoms with Gasteiger partial charge in [0, 0.05) is 6.61 Å². The van der Waals surface area contributed by atoms with Gasteiger partial charge in [-0.1, -0.05) is 0 Å². The van der Waals surface area contributed by atoms with Crippen molar-refractivity contribution < 1.29 is 14.3 Å². The summed E-state index contributed by atoms with van der Waals surface area (Å²) < 4.78 is 10.8. The van der Waals surface area contributed by atoms with E-state index in [0.29, 0.717) is 6.61 Å². The second kappa shape index (κ2) is 4.89. The molecule has 0 aromatic carbocycles. The second-order valence-corrected chi connectivity index (χ2v) is 4.32. The van der Waals surface area contributed by atoms with Gasteiger partial charge in [0.25, 0.3) is 0 Å². The minimum atomic E-state index is -0.590. The highest BCUT2D eigenvalue weighted by molar-refractivity contribution is 5.88. The number of ether oxygens (including phenoxy) is 2. The number of hydrogen-bond acceptors (Lipinski definition) is 3. The predicted octanol–water partition coefficient (Wildman–Crippen LogP) is 1.94. The van der Waals surface area contributed by atoms with Crippen LogP contribution in [0.5, 0.6) is 0 Å². The molecule has 1 fully saturated rings. The third kappa shape index (κ3) is 3.07. The van der Waals surface area contributed by atoms with Crippen molar-refractivity contribution in [2.75, 3.05) is 13.2 Å². The lowest BCUT2D eigenvalue weighted by atomic mass is 9.92. The van der Waals surface area contributed by atoms with E-state index in [0.717, 1.165) is 19.3 Å². The minimum absolute atomic E-state index is 0.0749. The third-order valence-corrected chi connectivity index (χ3v) is 2.61. The molecule has 1 saturated heterocycles. The maximum Gasteiger partial charge on any atom is 0.189 e. The molecule has 82 valence electrons. The Bertz CT molecular complexity index is 193. The average molecular weight is 200 g/mol. The zero-order valence-corrected chi connectivity index (χ0v) is 9.34. The first-order chi connectivity index (χ1) is 6.54. The number of carbonyl (C=O) groups excluding carboxylic acids is 1. The summed E-state index contributed by atoms with van der Waals surface area (Å²) in [5, 5.41) is 0. The van der Waals surface area contributed by atoms with Gasteiger partial charge in [0.1, 0.15) is 12.2 Å². The van der Waals surface area contributed by atoms with E-state index < -0.39 is 5.60 Å². The SMILES string of the molecule is CC(C)OCC(=O)C1(C)CCCCO1. The molecule has 1 atom stereocenters. The number of carbonyl (C=O) groups is 1. The highest BCUT2D eigenvalue weighted by Gasteiger charge is 2.35. The van der Waals surface area contributed by atoms with Crippen molar-refractivity contribution in [1.29, 1.82) is 0 Å². The number of hydrogen-bond donors (Lipinski definition) is 0. The Hall–Kier alpha value is -0.410. The topological polar surface area (TPSA) is 35.5 Å². The summed E-state index contributed by atoms with van der Waals surface area (Å²) in [6.45, 7) is 6.60. The molecule has 0 aromatic rings. The Morgan fingerprint density at radius 3 is 2.71 bits per heavy atom. The van der Waals surface area contributed by atoms with Gasteiger partial charge >= 0.3 is 0 Å². The lowest BCUT2D eigenvalue weighted by Gasteiger charge is -2.32. The van der Waals surface area contributed by atoms with Gasteiger partial charge in [0.05, 0.1) is 6.10 Å². The summed E-state index contributed by atoms with van der Waals surface area (Å²) in [5.41, 5.74) is -0.590. The van der Waals surface area contributed by atoms with Crippen LogP contribution in [0.15, 0.2) is 0 Å². The first kappa shape index (κ1) is 11.7. The first-order valence-electron chi connectivity index (χ1n) is 5.33. The Morgan fingerprint density at radius 2 is 2.21 bits per heavy atom. The van der Waals surface area contributed by atoms with Crippen LogP contribution in [0.1, 0.15) is 40.0 Å². The largest absolute Gasteiger partial charge is 0.371 e. The number of rotatable bonds is 4. The minimum Gasteiger partial charge on any atom is -0.371 e. The highest BCUT2D eigenvalue weighted by Crippen LogP contribution is 2.25. The Morgan fingerprint density at radius 1 is 1.50 bits per heavy atom. The normalized spacial score (nSPS) is 28.0. The smallest absolute Gasteiger partial charge is 0.189 e. The predicted molar refractivity (Wildman–Crippen MR) is 54.3 cm³/mol. The molecule has 0 bridgehead atoms. The van der Waals surface area contributed by atoms with Gasteiger partial charge in [-0.2, -0.15) is 0 Å². The molecule has 1 rings (SSSR count). The van der Waals surface area contributed by atoms with Gasteiger partial charge in [-0.25, -0.2) is 0 Å². The zero-order chi connectivity index (χ0) is 10.6. The van der Waals surface area contributed by atoms with Crippen molar-refractivity contribution in [3.8, 4) is 0 Å².